The highest BCUT2D eigenvalue weighted by Gasteiger charge is 2.35. The van der Waals surface area contributed by atoms with Gasteiger partial charge in [-0.05, 0) is 56.5 Å². The third-order valence-electron chi connectivity index (χ3n) is 4.54. The third kappa shape index (κ3) is 2.71. The van der Waals surface area contributed by atoms with E-state index in [1.165, 1.54) is 30.5 Å². The van der Waals surface area contributed by atoms with Crippen LogP contribution in [0.1, 0.15) is 31.2 Å². The number of nitrogens with one attached hydrogen (secondary N) is 2. The van der Waals surface area contributed by atoms with Crippen molar-refractivity contribution in [2.75, 3.05) is 32.1 Å². The lowest BCUT2D eigenvalue weighted by molar-refractivity contribution is 0.151. The maximum absolute atomic E-state index is 5.66. The van der Waals surface area contributed by atoms with E-state index in [0.29, 0.717) is 5.41 Å². The largest absolute Gasteiger partial charge is 0.493 e. The molecule has 0 bridgehead atoms. The van der Waals surface area contributed by atoms with Gasteiger partial charge in [0, 0.05) is 24.2 Å². The van der Waals surface area contributed by atoms with Crippen molar-refractivity contribution in [3.63, 3.8) is 0 Å². The van der Waals surface area contributed by atoms with Crippen molar-refractivity contribution in [2.24, 2.45) is 5.41 Å². The van der Waals surface area contributed by atoms with E-state index in [0.717, 1.165) is 38.3 Å². The Labute approximate surface area is 115 Å². The molecule has 1 aromatic carbocycles. The number of rotatable bonds is 5. The predicted molar refractivity (Wildman–Crippen MR) is 79.0 cm³/mol. The Bertz CT molecular complexity index is 440. The summed E-state index contributed by atoms with van der Waals surface area (Å²) in [7, 11) is 2.05. The zero-order valence-electron chi connectivity index (χ0n) is 11.8. The molecule has 1 aliphatic carbocycles. The molecule has 104 valence electrons. The minimum atomic E-state index is 0.473. The number of benzene rings is 1. The molecular weight excluding hydrogens is 236 g/mol. The van der Waals surface area contributed by atoms with Gasteiger partial charge in [-0.3, -0.25) is 0 Å². The second kappa shape index (κ2) is 5.41. The Morgan fingerprint density at radius 3 is 2.84 bits per heavy atom. The summed E-state index contributed by atoms with van der Waals surface area (Å²) < 4.78 is 5.66. The summed E-state index contributed by atoms with van der Waals surface area (Å²) in [6, 6.07) is 6.53. The van der Waals surface area contributed by atoms with Crippen LogP contribution in [0.2, 0.25) is 0 Å². The van der Waals surface area contributed by atoms with E-state index in [9.17, 15) is 0 Å². The highest BCUT2D eigenvalue weighted by Crippen LogP contribution is 2.40. The molecule has 1 aromatic rings. The monoisotopic (exact) mass is 260 g/mol. The number of hydrogen-bond donors (Lipinski definition) is 2. The van der Waals surface area contributed by atoms with Crippen LogP contribution in [-0.2, 0) is 6.42 Å². The Morgan fingerprint density at radius 1 is 1.21 bits per heavy atom. The van der Waals surface area contributed by atoms with Crippen molar-refractivity contribution in [1.82, 2.24) is 5.32 Å². The third-order valence-corrected chi connectivity index (χ3v) is 4.54. The Kier molecular flexibility index (Phi) is 3.65. The van der Waals surface area contributed by atoms with Crippen molar-refractivity contribution >= 4 is 5.69 Å². The second-order valence-corrected chi connectivity index (χ2v) is 6.01. The first kappa shape index (κ1) is 12.8. The fourth-order valence-electron chi connectivity index (χ4n) is 3.23. The van der Waals surface area contributed by atoms with Crippen molar-refractivity contribution < 1.29 is 4.74 Å². The normalized spacial score (nSPS) is 20.1. The summed E-state index contributed by atoms with van der Waals surface area (Å²) >= 11 is 0. The van der Waals surface area contributed by atoms with E-state index in [2.05, 4.69) is 35.9 Å². The van der Waals surface area contributed by atoms with Gasteiger partial charge in [0.15, 0.2) is 0 Å². The van der Waals surface area contributed by atoms with Gasteiger partial charge >= 0.3 is 0 Å². The first-order chi connectivity index (χ1) is 9.31. The molecule has 19 heavy (non-hydrogen) atoms. The Balaban J connectivity index is 1.63. The van der Waals surface area contributed by atoms with E-state index in [4.69, 9.17) is 4.74 Å². The van der Waals surface area contributed by atoms with Crippen LogP contribution in [0.3, 0.4) is 0 Å². The molecular formula is C16H24N2O. The van der Waals surface area contributed by atoms with Gasteiger partial charge in [-0.25, -0.2) is 0 Å². The van der Waals surface area contributed by atoms with Crippen LogP contribution >= 0.6 is 0 Å². The lowest BCUT2D eigenvalue weighted by atomic mass is 9.68. The van der Waals surface area contributed by atoms with Gasteiger partial charge in [-0.1, -0.05) is 6.42 Å². The van der Waals surface area contributed by atoms with Crippen molar-refractivity contribution in [3.8, 4) is 5.75 Å². The summed E-state index contributed by atoms with van der Waals surface area (Å²) in [4.78, 5) is 0. The first-order valence-electron chi connectivity index (χ1n) is 7.46. The fourth-order valence-corrected chi connectivity index (χ4v) is 3.23. The quantitative estimate of drug-likeness (QED) is 0.854. The maximum Gasteiger partial charge on any atom is 0.122 e. The predicted octanol–water partition coefficient (Wildman–Crippen LogP) is 2.81. The molecule has 3 rings (SSSR count). The van der Waals surface area contributed by atoms with Gasteiger partial charge in [-0.15, -0.1) is 0 Å². The van der Waals surface area contributed by atoms with Gasteiger partial charge in [0.05, 0.1) is 6.61 Å². The molecule has 1 aliphatic heterocycles. The second-order valence-electron chi connectivity index (χ2n) is 6.01. The molecule has 0 amide bonds. The van der Waals surface area contributed by atoms with Gasteiger partial charge < -0.3 is 15.4 Å². The zero-order valence-corrected chi connectivity index (χ0v) is 11.8. The van der Waals surface area contributed by atoms with Crippen LogP contribution in [-0.4, -0.2) is 26.7 Å². The average molecular weight is 260 g/mol. The molecule has 0 unspecified atom stereocenters. The SMILES string of the molecule is CNCC1(CNc2ccc3c(c2)CCCO3)CCC1. The fraction of sp³-hybridized carbons (Fsp3) is 0.625. The summed E-state index contributed by atoms with van der Waals surface area (Å²) in [5.41, 5.74) is 3.07. The minimum absolute atomic E-state index is 0.473. The van der Waals surface area contributed by atoms with Crippen LogP contribution in [0.4, 0.5) is 5.69 Å². The molecule has 0 aromatic heterocycles. The van der Waals surface area contributed by atoms with Crippen LogP contribution < -0.4 is 15.4 Å². The van der Waals surface area contributed by atoms with E-state index in [1.807, 2.05) is 0 Å². The smallest absolute Gasteiger partial charge is 0.122 e. The molecule has 2 N–H and O–H groups in total. The standard InChI is InChI=1S/C16H24N2O/c1-17-11-16(7-3-8-16)12-18-14-5-6-15-13(10-14)4-2-9-19-15/h5-6,10,17-18H,2-4,7-9,11-12H2,1H3. The van der Waals surface area contributed by atoms with Gasteiger partial charge in [0.25, 0.3) is 0 Å². The Hall–Kier alpha value is -1.22. The van der Waals surface area contributed by atoms with Crippen molar-refractivity contribution in [2.45, 2.75) is 32.1 Å². The molecule has 1 heterocycles. The molecule has 0 saturated heterocycles. The van der Waals surface area contributed by atoms with Crippen LogP contribution in [0, 0.1) is 5.41 Å². The maximum atomic E-state index is 5.66. The van der Waals surface area contributed by atoms with Crippen LogP contribution in [0.5, 0.6) is 5.75 Å². The molecule has 2 aliphatic rings. The van der Waals surface area contributed by atoms with Gasteiger partial charge in [-0.2, -0.15) is 0 Å². The molecule has 0 atom stereocenters. The van der Waals surface area contributed by atoms with E-state index >= 15 is 0 Å². The lowest BCUT2D eigenvalue weighted by Crippen LogP contribution is -2.44. The Morgan fingerprint density at radius 2 is 2.11 bits per heavy atom. The number of ether oxygens (including phenoxy) is 1. The van der Waals surface area contributed by atoms with Crippen molar-refractivity contribution in [3.05, 3.63) is 23.8 Å². The van der Waals surface area contributed by atoms with Crippen LogP contribution in [0.25, 0.3) is 0 Å². The molecule has 0 radical (unpaired) electrons. The summed E-state index contributed by atoms with van der Waals surface area (Å²) in [6.07, 6.45) is 6.35. The highest BCUT2D eigenvalue weighted by molar-refractivity contribution is 5.52. The van der Waals surface area contributed by atoms with E-state index in [-0.39, 0.29) is 0 Å². The summed E-state index contributed by atoms with van der Waals surface area (Å²) in [5.74, 6) is 1.07. The lowest BCUT2D eigenvalue weighted by Gasteiger charge is -2.42. The van der Waals surface area contributed by atoms with E-state index < -0.39 is 0 Å². The topological polar surface area (TPSA) is 33.3 Å². The molecule has 1 fully saturated rings. The van der Waals surface area contributed by atoms with Crippen LogP contribution in [0.15, 0.2) is 18.2 Å². The van der Waals surface area contributed by atoms with Crippen molar-refractivity contribution in [1.29, 1.82) is 0 Å². The molecule has 1 saturated carbocycles. The minimum Gasteiger partial charge on any atom is -0.493 e. The average Bonchev–Trinajstić information content (AvgIpc) is 2.41. The highest BCUT2D eigenvalue weighted by atomic mass is 16.5. The van der Waals surface area contributed by atoms with E-state index in [1.54, 1.807) is 0 Å². The zero-order chi connectivity index (χ0) is 13.1. The number of hydrogen-bond acceptors (Lipinski definition) is 3. The first-order valence-corrected chi connectivity index (χ1v) is 7.46. The number of anilines is 1. The summed E-state index contributed by atoms with van der Waals surface area (Å²) in [6.45, 7) is 3.06. The molecule has 0 spiro atoms. The molecule has 3 heteroatoms. The number of aryl methyl sites for hydroxylation is 1. The van der Waals surface area contributed by atoms with Gasteiger partial charge in [0.1, 0.15) is 5.75 Å². The summed E-state index contributed by atoms with van der Waals surface area (Å²) in [5, 5.41) is 6.96. The van der Waals surface area contributed by atoms with Gasteiger partial charge in [0.2, 0.25) is 0 Å². The molecule has 3 nitrogen and oxygen atoms in total. The number of fused-ring (bicyclic) bond motifs is 1.